The first kappa shape index (κ1) is 15.0. The van der Waals surface area contributed by atoms with Crippen molar-refractivity contribution in [1.29, 1.82) is 5.41 Å². The van der Waals surface area contributed by atoms with Gasteiger partial charge in [-0.3, -0.25) is 4.79 Å². The van der Waals surface area contributed by atoms with E-state index in [2.05, 4.69) is 0 Å². The lowest BCUT2D eigenvalue weighted by molar-refractivity contribution is -0.144. The number of carbonyl (C=O) groups excluding carboxylic acids is 2. The van der Waals surface area contributed by atoms with Crippen LogP contribution in [0.1, 0.15) is 12.5 Å². The quantitative estimate of drug-likeness (QED) is 0.463. The zero-order valence-electron chi connectivity index (χ0n) is 9.68. The fourth-order valence-electron chi connectivity index (χ4n) is 1.20. The number of rotatable bonds is 4. The SMILES string of the molecule is CCOC(=O)C(N)Cc1ccccc1.N=C=O. The number of hydrogen-bond donors (Lipinski definition) is 2. The van der Waals surface area contributed by atoms with Gasteiger partial charge in [-0.2, -0.15) is 0 Å². The Kier molecular flexibility index (Phi) is 8.20. The van der Waals surface area contributed by atoms with Gasteiger partial charge in [0.2, 0.25) is 6.08 Å². The molecule has 1 unspecified atom stereocenters. The maximum atomic E-state index is 11.2. The minimum atomic E-state index is -0.558. The fraction of sp³-hybridized carbons (Fsp3) is 0.333. The van der Waals surface area contributed by atoms with Gasteiger partial charge < -0.3 is 10.5 Å². The summed E-state index contributed by atoms with van der Waals surface area (Å²) in [7, 11) is 0. The van der Waals surface area contributed by atoms with Crippen LogP contribution in [0, 0.1) is 5.41 Å². The highest BCUT2D eigenvalue weighted by Gasteiger charge is 2.14. The van der Waals surface area contributed by atoms with E-state index in [0.717, 1.165) is 11.6 Å². The molecule has 17 heavy (non-hydrogen) atoms. The van der Waals surface area contributed by atoms with E-state index in [1.807, 2.05) is 30.3 Å². The Morgan fingerprint density at radius 1 is 1.47 bits per heavy atom. The summed E-state index contributed by atoms with van der Waals surface area (Å²) in [6, 6.07) is 9.11. The van der Waals surface area contributed by atoms with Gasteiger partial charge >= 0.3 is 5.97 Å². The highest BCUT2D eigenvalue weighted by atomic mass is 16.5. The highest BCUT2D eigenvalue weighted by molar-refractivity contribution is 5.75. The summed E-state index contributed by atoms with van der Waals surface area (Å²) in [5, 5.41) is 5.40. The Morgan fingerprint density at radius 3 is 2.47 bits per heavy atom. The first-order chi connectivity index (χ1) is 8.15. The molecular formula is C12H16N2O3. The second-order valence-electron chi connectivity index (χ2n) is 3.15. The van der Waals surface area contributed by atoms with E-state index >= 15 is 0 Å². The summed E-state index contributed by atoms with van der Waals surface area (Å²) < 4.78 is 4.81. The van der Waals surface area contributed by atoms with Crippen LogP contribution in [0.5, 0.6) is 0 Å². The summed E-state index contributed by atoms with van der Waals surface area (Å²) in [6.07, 6.45) is 1.28. The average molecular weight is 236 g/mol. The predicted octanol–water partition coefficient (Wildman–Crippen LogP) is 1.02. The number of nitrogens with one attached hydrogen (secondary N) is 1. The number of esters is 1. The molecule has 5 nitrogen and oxygen atoms in total. The molecule has 0 bridgehead atoms. The lowest BCUT2D eigenvalue weighted by Crippen LogP contribution is -2.34. The van der Waals surface area contributed by atoms with Gasteiger partial charge in [0.25, 0.3) is 0 Å². The molecule has 5 heteroatoms. The Hall–Kier alpha value is -1.97. The standard InChI is InChI=1S/C11H15NO2.CHNO/c1-2-14-11(13)10(12)8-9-6-4-3-5-7-9;2-1-3/h3-7,10H,2,8,12H2,1H3;2H. The van der Waals surface area contributed by atoms with Crippen LogP contribution in [0.2, 0.25) is 0 Å². The van der Waals surface area contributed by atoms with E-state index in [-0.39, 0.29) is 5.97 Å². The average Bonchev–Trinajstić information content (AvgIpc) is 2.31. The van der Waals surface area contributed by atoms with Gasteiger partial charge in [0.1, 0.15) is 6.04 Å². The first-order valence-corrected chi connectivity index (χ1v) is 5.15. The second kappa shape index (κ2) is 9.27. The van der Waals surface area contributed by atoms with Crippen molar-refractivity contribution in [3.8, 4) is 0 Å². The van der Waals surface area contributed by atoms with Crippen LogP contribution in [0.25, 0.3) is 0 Å². The van der Waals surface area contributed by atoms with Gasteiger partial charge in [-0.05, 0) is 18.9 Å². The molecule has 3 N–H and O–H groups in total. The Morgan fingerprint density at radius 2 is 2.00 bits per heavy atom. The molecular weight excluding hydrogens is 220 g/mol. The fourth-order valence-corrected chi connectivity index (χ4v) is 1.20. The van der Waals surface area contributed by atoms with Crippen LogP contribution in [-0.4, -0.2) is 24.7 Å². The van der Waals surface area contributed by atoms with Gasteiger partial charge in [-0.1, -0.05) is 30.3 Å². The van der Waals surface area contributed by atoms with Crippen LogP contribution < -0.4 is 5.73 Å². The van der Waals surface area contributed by atoms with E-state index in [4.69, 9.17) is 20.7 Å². The smallest absolute Gasteiger partial charge is 0.323 e. The molecule has 1 aromatic carbocycles. The maximum Gasteiger partial charge on any atom is 0.323 e. The van der Waals surface area contributed by atoms with E-state index in [1.165, 1.54) is 0 Å². The van der Waals surface area contributed by atoms with Gasteiger partial charge in [-0.25, -0.2) is 10.2 Å². The molecule has 1 rings (SSSR count). The van der Waals surface area contributed by atoms with Gasteiger partial charge in [-0.15, -0.1) is 0 Å². The Balaban J connectivity index is 0.000000770. The normalized spacial score (nSPS) is 10.5. The highest BCUT2D eigenvalue weighted by Crippen LogP contribution is 2.02. The molecule has 0 aromatic heterocycles. The summed E-state index contributed by atoms with van der Waals surface area (Å²) in [5.74, 6) is -0.337. The van der Waals surface area contributed by atoms with Crippen LogP contribution in [0.4, 0.5) is 0 Å². The van der Waals surface area contributed by atoms with E-state index < -0.39 is 6.04 Å². The summed E-state index contributed by atoms with van der Waals surface area (Å²) >= 11 is 0. The lowest BCUT2D eigenvalue weighted by Gasteiger charge is -2.09. The summed E-state index contributed by atoms with van der Waals surface area (Å²) in [5.41, 5.74) is 6.71. The molecule has 0 amide bonds. The van der Waals surface area contributed by atoms with Crippen molar-refractivity contribution in [2.24, 2.45) is 5.73 Å². The molecule has 0 heterocycles. The van der Waals surface area contributed by atoms with Gasteiger partial charge in [0.05, 0.1) is 6.61 Å². The maximum absolute atomic E-state index is 11.2. The summed E-state index contributed by atoms with van der Waals surface area (Å²) in [6.45, 7) is 2.15. The molecule has 1 aromatic rings. The second-order valence-corrected chi connectivity index (χ2v) is 3.15. The molecule has 0 radical (unpaired) electrons. The van der Waals surface area contributed by atoms with Gasteiger partial charge in [0, 0.05) is 0 Å². The number of nitrogens with two attached hydrogens (primary N) is 1. The third kappa shape index (κ3) is 7.00. The third-order valence-electron chi connectivity index (χ3n) is 1.89. The summed E-state index contributed by atoms with van der Waals surface area (Å²) in [4.78, 5) is 19.5. The van der Waals surface area contributed by atoms with Crippen molar-refractivity contribution < 1.29 is 14.3 Å². The van der Waals surface area contributed by atoms with E-state index in [1.54, 1.807) is 6.92 Å². The van der Waals surface area contributed by atoms with Crippen molar-refractivity contribution in [2.75, 3.05) is 6.61 Å². The van der Waals surface area contributed by atoms with E-state index in [9.17, 15) is 4.79 Å². The van der Waals surface area contributed by atoms with Crippen LogP contribution in [0.3, 0.4) is 0 Å². The van der Waals surface area contributed by atoms with Crippen molar-refractivity contribution >= 4 is 12.0 Å². The number of isocyanates is 1. The molecule has 0 spiro atoms. The molecule has 0 saturated heterocycles. The first-order valence-electron chi connectivity index (χ1n) is 5.15. The molecule has 0 aliphatic heterocycles. The van der Waals surface area contributed by atoms with Crippen LogP contribution in [0.15, 0.2) is 30.3 Å². The Labute approximate surface area is 100 Å². The number of hydrogen-bond acceptors (Lipinski definition) is 5. The molecule has 0 aliphatic rings. The van der Waals surface area contributed by atoms with Crippen molar-refractivity contribution in [3.63, 3.8) is 0 Å². The number of benzene rings is 1. The van der Waals surface area contributed by atoms with Gasteiger partial charge in [0.15, 0.2) is 0 Å². The van der Waals surface area contributed by atoms with Crippen LogP contribution >= 0.6 is 0 Å². The van der Waals surface area contributed by atoms with Crippen molar-refractivity contribution in [2.45, 2.75) is 19.4 Å². The van der Waals surface area contributed by atoms with Crippen molar-refractivity contribution in [3.05, 3.63) is 35.9 Å². The predicted molar refractivity (Wildman–Crippen MR) is 63.2 cm³/mol. The van der Waals surface area contributed by atoms with Crippen molar-refractivity contribution in [1.82, 2.24) is 0 Å². The minimum absolute atomic E-state index is 0.337. The largest absolute Gasteiger partial charge is 0.465 e. The topological polar surface area (TPSA) is 93.2 Å². The number of ether oxygens (including phenoxy) is 1. The van der Waals surface area contributed by atoms with E-state index in [0.29, 0.717) is 13.0 Å². The zero-order valence-corrected chi connectivity index (χ0v) is 9.68. The molecule has 92 valence electrons. The molecule has 1 atom stereocenters. The Bertz CT molecular complexity index is 359. The lowest BCUT2D eigenvalue weighted by atomic mass is 10.1. The third-order valence-corrected chi connectivity index (χ3v) is 1.89. The zero-order chi connectivity index (χ0) is 13.1. The number of carbonyl (C=O) groups is 1. The monoisotopic (exact) mass is 236 g/mol. The molecule has 0 aliphatic carbocycles. The molecule has 0 fully saturated rings. The molecule has 0 saturated carbocycles. The minimum Gasteiger partial charge on any atom is -0.465 e. The van der Waals surface area contributed by atoms with Crippen LogP contribution in [-0.2, 0) is 20.7 Å².